The maximum absolute atomic E-state index is 11.1. The van der Waals surface area contributed by atoms with E-state index in [9.17, 15) is 5.21 Å². The number of hydrogen-bond acceptors (Lipinski definition) is 2. The number of nitrogens with one attached hydrogen (secondary N) is 1. The Balaban J connectivity index is 2.29. The van der Waals surface area contributed by atoms with Crippen LogP contribution in [0.15, 0.2) is 18.2 Å². The first-order valence-electron chi connectivity index (χ1n) is 5.16. The van der Waals surface area contributed by atoms with Crippen molar-refractivity contribution in [1.29, 1.82) is 0 Å². The third-order valence-electron chi connectivity index (χ3n) is 2.05. The number of ether oxygens (including phenoxy) is 1. The first-order valence-corrected chi connectivity index (χ1v) is 5.92. The van der Waals surface area contributed by atoms with Gasteiger partial charge in [-0.15, -0.1) is 6.42 Å². The molecule has 0 bridgehead atoms. The molecule has 0 heterocycles. The van der Waals surface area contributed by atoms with E-state index in [1.165, 1.54) is 0 Å². The summed E-state index contributed by atoms with van der Waals surface area (Å²) in [4.78, 5) is 0. The third-order valence-corrected chi connectivity index (χ3v) is 2.58. The number of rotatable bonds is 6. The van der Waals surface area contributed by atoms with E-state index in [2.05, 4.69) is 5.92 Å². The summed E-state index contributed by atoms with van der Waals surface area (Å²) >= 11 is 11.7. The van der Waals surface area contributed by atoms with E-state index < -0.39 is 0 Å². The normalized spacial score (nSPS) is 11.9. The van der Waals surface area contributed by atoms with E-state index in [0.717, 1.165) is 0 Å². The van der Waals surface area contributed by atoms with Gasteiger partial charge in [-0.05, 0) is 24.1 Å². The van der Waals surface area contributed by atoms with Gasteiger partial charge in [-0.25, -0.2) is 0 Å². The van der Waals surface area contributed by atoms with Gasteiger partial charge in [-0.1, -0.05) is 23.2 Å². The first-order chi connectivity index (χ1) is 8.13. The van der Waals surface area contributed by atoms with Crippen LogP contribution in [0.25, 0.3) is 0 Å². The molecule has 0 aliphatic carbocycles. The average molecular weight is 274 g/mol. The molecular formula is C12H13Cl2NO2. The van der Waals surface area contributed by atoms with Crippen LogP contribution in [-0.2, 0) is 0 Å². The lowest BCUT2D eigenvalue weighted by molar-refractivity contribution is -0.840. The zero-order valence-corrected chi connectivity index (χ0v) is 10.7. The lowest BCUT2D eigenvalue weighted by atomic mass is 10.3. The highest BCUT2D eigenvalue weighted by Gasteiger charge is 2.02. The highest BCUT2D eigenvalue weighted by molar-refractivity contribution is 6.35. The van der Waals surface area contributed by atoms with Crippen LogP contribution in [0.1, 0.15) is 6.42 Å². The first kappa shape index (κ1) is 14.1. The predicted molar refractivity (Wildman–Crippen MR) is 69.5 cm³/mol. The SMILES string of the molecule is C#CC[NH+]([O-])CCCOc1ccc(Cl)cc1Cl. The highest BCUT2D eigenvalue weighted by Crippen LogP contribution is 2.27. The zero-order chi connectivity index (χ0) is 12.7. The van der Waals surface area contributed by atoms with Crippen LogP contribution in [0, 0.1) is 17.6 Å². The van der Waals surface area contributed by atoms with Crippen molar-refractivity contribution in [3.8, 4) is 18.1 Å². The van der Waals surface area contributed by atoms with Gasteiger partial charge in [0.05, 0.1) is 18.2 Å². The Morgan fingerprint density at radius 3 is 2.82 bits per heavy atom. The maximum Gasteiger partial charge on any atom is 0.138 e. The van der Waals surface area contributed by atoms with Gasteiger partial charge in [0, 0.05) is 11.4 Å². The summed E-state index contributed by atoms with van der Waals surface area (Å²) in [6, 6.07) is 5.02. The molecule has 17 heavy (non-hydrogen) atoms. The van der Waals surface area contributed by atoms with E-state index in [1.54, 1.807) is 18.2 Å². The molecule has 1 rings (SSSR count). The summed E-state index contributed by atoms with van der Waals surface area (Å²) in [5.74, 6) is 2.89. The molecule has 0 fully saturated rings. The lowest BCUT2D eigenvalue weighted by Gasteiger charge is -2.19. The highest BCUT2D eigenvalue weighted by atomic mass is 35.5. The Kier molecular flexibility index (Phi) is 6.17. The summed E-state index contributed by atoms with van der Waals surface area (Å²) in [7, 11) is 0. The summed E-state index contributed by atoms with van der Waals surface area (Å²) in [6.07, 6.45) is 5.65. The van der Waals surface area contributed by atoms with Gasteiger partial charge in [-0.2, -0.15) is 0 Å². The van der Waals surface area contributed by atoms with Gasteiger partial charge in [-0.3, -0.25) is 0 Å². The molecule has 1 unspecified atom stereocenters. The van der Waals surface area contributed by atoms with E-state index in [1.807, 2.05) is 0 Å². The molecule has 1 aromatic carbocycles. The number of benzene rings is 1. The largest absolute Gasteiger partial charge is 0.634 e. The fourth-order valence-corrected chi connectivity index (χ4v) is 1.71. The number of quaternary nitrogens is 1. The summed E-state index contributed by atoms with van der Waals surface area (Å²) in [5, 5.41) is 12.2. The average Bonchev–Trinajstić information content (AvgIpc) is 2.27. The minimum absolute atomic E-state index is 0.0540. The van der Waals surface area contributed by atoms with Crippen LogP contribution < -0.4 is 9.80 Å². The second-order valence-corrected chi connectivity index (χ2v) is 4.29. The third kappa shape index (κ3) is 5.29. The topological polar surface area (TPSA) is 36.7 Å². The Hall–Kier alpha value is -0.920. The molecule has 1 atom stereocenters. The zero-order valence-electron chi connectivity index (χ0n) is 9.21. The second kappa shape index (κ2) is 7.41. The number of terminal acetylenes is 1. The van der Waals surface area contributed by atoms with Gasteiger partial charge >= 0.3 is 0 Å². The molecule has 3 nitrogen and oxygen atoms in total. The van der Waals surface area contributed by atoms with Gasteiger partial charge in [0.2, 0.25) is 0 Å². The Morgan fingerprint density at radius 1 is 1.41 bits per heavy atom. The molecule has 0 aromatic heterocycles. The van der Waals surface area contributed by atoms with Crippen LogP contribution in [-0.4, -0.2) is 19.7 Å². The van der Waals surface area contributed by atoms with Crippen molar-refractivity contribution < 1.29 is 9.80 Å². The molecule has 0 aliphatic rings. The molecule has 0 radical (unpaired) electrons. The molecule has 0 spiro atoms. The van der Waals surface area contributed by atoms with Crippen LogP contribution in [0.4, 0.5) is 0 Å². The van der Waals surface area contributed by atoms with Crippen LogP contribution in [0.2, 0.25) is 10.0 Å². The molecule has 0 saturated heterocycles. The molecule has 1 aromatic rings. The molecule has 0 amide bonds. The summed E-state index contributed by atoms with van der Waals surface area (Å²) < 4.78 is 5.43. The van der Waals surface area contributed by atoms with Gasteiger partial charge in [0.15, 0.2) is 0 Å². The van der Waals surface area contributed by atoms with Crippen molar-refractivity contribution in [2.24, 2.45) is 0 Å². The predicted octanol–water partition coefficient (Wildman–Crippen LogP) is 1.78. The van der Waals surface area contributed by atoms with E-state index in [0.29, 0.717) is 35.4 Å². The Bertz CT molecular complexity index is 404. The monoisotopic (exact) mass is 273 g/mol. The fourth-order valence-electron chi connectivity index (χ4n) is 1.25. The molecule has 1 N–H and O–H groups in total. The summed E-state index contributed by atoms with van der Waals surface area (Å²) in [5.41, 5.74) is 0. The maximum atomic E-state index is 11.1. The van der Waals surface area contributed by atoms with Crippen LogP contribution in [0.5, 0.6) is 5.75 Å². The molecular weight excluding hydrogens is 261 g/mol. The molecule has 92 valence electrons. The van der Waals surface area contributed by atoms with Crippen molar-refractivity contribution in [2.45, 2.75) is 6.42 Å². The Labute approximate surface area is 111 Å². The minimum Gasteiger partial charge on any atom is -0.634 e. The van der Waals surface area contributed by atoms with Crippen LogP contribution >= 0.6 is 23.2 Å². The summed E-state index contributed by atoms with van der Waals surface area (Å²) in [6.45, 7) is 1.04. The van der Waals surface area contributed by atoms with Gasteiger partial charge < -0.3 is 15.0 Å². The van der Waals surface area contributed by atoms with Crippen molar-refractivity contribution in [1.82, 2.24) is 0 Å². The van der Waals surface area contributed by atoms with E-state index >= 15 is 0 Å². The van der Waals surface area contributed by atoms with Crippen molar-refractivity contribution in [3.63, 3.8) is 0 Å². The van der Waals surface area contributed by atoms with E-state index in [-0.39, 0.29) is 11.6 Å². The number of halogens is 2. The van der Waals surface area contributed by atoms with Gasteiger partial charge in [0.25, 0.3) is 0 Å². The number of hydroxylamine groups is 2. The van der Waals surface area contributed by atoms with Crippen molar-refractivity contribution in [2.75, 3.05) is 19.7 Å². The lowest BCUT2D eigenvalue weighted by Crippen LogP contribution is -3.07. The van der Waals surface area contributed by atoms with Crippen LogP contribution in [0.3, 0.4) is 0 Å². The molecule has 0 saturated carbocycles. The Morgan fingerprint density at radius 2 is 2.18 bits per heavy atom. The van der Waals surface area contributed by atoms with E-state index in [4.69, 9.17) is 34.4 Å². The number of hydrogen-bond donors (Lipinski definition) is 1. The standard InChI is InChI=1S/C12H13Cl2NO2/c1-2-6-15(16)7-3-8-17-12-5-4-10(13)9-11(12)14/h1,4-5,9,15H,3,6-8H2. The smallest absolute Gasteiger partial charge is 0.138 e. The van der Waals surface area contributed by atoms with Crippen molar-refractivity contribution in [3.05, 3.63) is 33.5 Å². The quantitative estimate of drug-likeness (QED) is 0.487. The fraction of sp³-hybridized carbons (Fsp3) is 0.333. The van der Waals surface area contributed by atoms with Gasteiger partial charge in [0.1, 0.15) is 12.3 Å². The molecule has 5 heteroatoms. The minimum atomic E-state index is 0.0540. The van der Waals surface area contributed by atoms with Crippen molar-refractivity contribution >= 4 is 23.2 Å². The molecule has 0 aliphatic heterocycles. The second-order valence-electron chi connectivity index (χ2n) is 3.45.